The van der Waals surface area contributed by atoms with Crippen LogP contribution in [0.5, 0.6) is 17.2 Å². The second kappa shape index (κ2) is 19.8. The molecule has 0 radical (unpaired) electrons. The second-order valence-electron chi connectivity index (χ2n) is 13.9. The van der Waals surface area contributed by atoms with Gasteiger partial charge in [0.2, 0.25) is 5.90 Å². The van der Waals surface area contributed by atoms with Crippen LogP contribution >= 0.6 is 31.9 Å². The molecule has 0 aliphatic carbocycles. The van der Waals surface area contributed by atoms with E-state index < -0.39 is 11.6 Å². The third-order valence-corrected chi connectivity index (χ3v) is 11.3. The molecule has 0 bridgehead atoms. The van der Waals surface area contributed by atoms with Crippen LogP contribution in [0.15, 0.2) is 166 Å². The monoisotopic (exact) mass is 902 g/mol. The van der Waals surface area contributed by atoms with E-state index in [0.29, 0.717) is 67.9 Å². The molecule has 0 unspecified atom stereocenters. The van der Waals surface area contributed by atoms with Crippen LogP contribution in [0, 0.1) is 0 Å². The van der Waals surface area contributed by atoms with Crippen molar-refractivity contribution < 1.29 is 28.8 Å². The molecule has 6 aromatic carbocycles. The summed E-state index contributed by atoms with van der Waals surface area (Å²) in [5.41, 5.74) is 4.14. The van der Waals surface area contributed by atoms with E-state index in [1.54, 1.807) is 0 Å². The van der Waals surface area contributed by atoms with Gasteiger partial charge >= 0.3 is 0 Å². The smallest absolute Gasteiger partial charge is 0.252 e. The number of nitrogens with one attached hydrogen (secondary N) is 1. The van der Waals surface area contributed by atoms with Gasteiger partial charge in [0.1, 0.15) is 19.0 Å². The number of aliphatic imine (C=N–C) groups is 1. The number of benzene rings is 6. The lowest BCUT2D eigenvalue weighted by molar-refractivity contribution is -0.128. The maximum Gasteiger partial charge on any atom is 0.252 e. The molecular formula is C48H44Br2N2O6. The summed E-state index contributed by atoms with van der Waals surface area (Å²) in [5.74, 6) is 2.04. The minimum atomic E-state index is -1.38. The first-order valence-electron chi connectivity index (χ1n) is 19.2. The molecule has 2 atom stereocenters. The van der Waals surface area contributed by atoms with E-state index in [0.717, 1.165) is 36.8 Å². The molecule has 10 heteroatoms. The highest BCUT2D eigenvalue weighted by Gasteiger charge is 2.54. The van der Waals surface area contributed by atoms with Crippen LogP contribution in [-0.2, 0) is 35.6 Å². The quantitative estimate of drug-likeness (QED) is 0.0834. The molecule has 2 N–H and O–H groups in total. The van der Waals surface area contributed by atoms with E-state index >= 15 is 0 Å². The number of hydrogen-bond donors (Lipinski definition) is 2. The van der Waals surface area contributed by atoms with Gasteiger partial charge < -0.3 is 29.4 Å². The maximum atomic E-state index is 14.9. The van der Waals surface area contributed by atoms with Gasteiger partial charge in [0.05, 0.1) is 6.61 Å². The molecule has 1 heterocycles. The topological polar surface area (TPSA) is 98.6 Å². The molecule has 6 aromatic rings. The van der Waals surface area contributed by atoms with Crippen LogP contribution in [0.1, 0.15) is 45.9 Å². The molecule has 8 nitrogen and oxygen atoms in total. The van der Waals surface area contributed by atoms with Gasteiger partial charge in [0.25, 0.3) is 5.91 Å². The van der Waals surface area contributed by atoms with Crippen molar-refractivity contribution in [1.82, 2.24) is 5.32 Å². The van der Waals surface area contributed by atoms with Gasteiger partial charge in [-0.15, -0.1) is 0 Å². The van der Waals surface area contributed by atoms with Gasteiger partial charge in [0, 0.05) is 46.1 Å². The Kier molecular flexibility index (Phi) is 13.9. The van der Waals surface area contributed by atoms with Gasteiger partial charge in [-0.1, -0.05) is 135 Å². The lowest BCUT2D eigenvalue weighted by Crippen LogP contribution is -2.50. The lowest BCUT2D eigenvalue weighted by Gasteiger charge is -2.31. The van der Waals surface area contributed by atoms with E-state index in [2.05, 4.69) is 37.2 Å². The van der Waals surface area contributed by atoms with E-state index in [-0.39, 0.29) is 18.9 Å². The van der Waals surface area contributed by atoms with Crippen LogP contribution in [0.25, 0.3) is 0 Å². The second-order valence-corrected chi connectivity index (χ2v) is 15.6. The van der Waals surface area contributed by atoms with Crippen LogP contribution in [-0.4, -0.2) is 42.2 Å². The summed E-state index contributed by atoms with van der Waals surface area (Å²) in [6, 6.07) is 49.1. The third kappa shape index (κ3) is 10.2. The molecule has 1 amide bonds. The van der Waals surface area contributed by atoms with Crippen molar-refractivity contribution >= 4 is 43.7 Å². The Morgan fingerprint density at radius 1 is 0.707 bits per heavy atom. The minimum absolute atomic E-state index is 0.0570. The van der Waals surface area contributed by atoms with E-state index in [4.69, 9.17) is 29.0 Å². The zero-order chi connectivity index (χ0) is 40.2. The Balaban J connectivity index is 1.16. The van der Waals surface area contributed by atoms with Gasteiger partial charge in [-0.25, -0.2) is 4.99 Å². The normalized spacial score (nSPS) is 15.9. The maximum absolute atomic E-state index is 14.9. The Morgan fingerprint density at radius 2 is 1.34 bits per heavy atom. The molecule has 0 aromatic heterocycles. The molecule has 1 aliphatic heterocycles. The summed E-state index contributed by atoms with van der Waals surface area (Å²) >= 11 is 7.47. The van der Waals surface area contributed by atoms with Gasteiger partial charge in [-0.3, -0.25) is 4.79 Å². The van der Waals surface area contributed by atoms with E-state index in [1.807, 2.05) is 152 Å². The lowest BCUT2D eigenvalue weighted by atomic mass is 9.82. The SMILES string of the molecule is O=C(NCCc1ccc(OCc2ccccc2)c(OCc2ccccc2)c1)[C@]1(Cc2ccccc2Br)N=C(c2ccc(OCCCO)cc2)O[C@@H]1c1ccccc1Br. The average molecular weight is 905 g/mol. The number of rotatable bonds is 18. The first-order valence-corrected chi connectivity index (χ1v) is 20.8. The van der Waals surface area contributed by atoms with Crippen LogP contribution in [0.4, 0.5) is 0 Å². The van der Waals surface area contributed by atoms with Crippen molar-refractivity contribution in [3.8, 4) is 17.2 Å². The highest BCUT2D eigenvalue weighted by Crippen LogP contribution is 2.45. The standard InChI is InChI=1S/C48H44Br2N2O6/c49-41-18-9-7-16-38(41)31-48(45(40-17-8-10-19-42(40)50)58-46(52-48)37-21-23-39(24-22-37)55-29-11-28-53)47(54)51-27-26-34-20-25-43(56-32-35-12-3-1-4-13-35)44(30-34)57-33-36-14-5-2-6-15-36/h1-10,12-25,30,45,53H,11,26-29,31-33H2,(H,51,54)/t45-,48-/m1/s1. The highest BCUT2D eigenvalue weighted by molar-refractivity contribution is 9.10. The number of carbonyl (C=O) groups excluding carboxylic acids is 1. The van der Waals surface area contributed by atoms with Gasteiger partial charge in [-0.2, -0.15) is 0 Å². The zero-order valence-corrected chi connectivity index (χ0v) is 35.0. The first kappa shape index (κ1) is 40.8. The summed E-state index contributed by atoms with van der Waals surface area (Å²) in [6.45, 7) is 1.59. The number of carbonyl (C=O) groups is 1. The third-order valence-electron chi connectivity index (χ3n) is 9.82. The number of hydrogen-bond acceptors (Lipinski definition) is 7. The first-order chi connectivity index (χ1) is 28.4. The van der Waals surface area contributed by atoms with Crippen LogP contribution in [0.3, 0.4) is 0 Å². The van der Waals surface area contributed by atoms with Gasteiger partial charge in [0.15, 0.2) is 23.1 Å². The van der Waals surface area contributed by atoms with Crippen molar-refractivity contribution in [2.24, 2.45) is 4.99 Å². The Labute approximate surface area is 356 Å². The molecule has 7 rings (SSSR count). The molecular weight excluding hydrogens is 860 g/mol. The van der Waals surface area contributed by atoms with Crippen molar-refractivity contribution in [1.29, 1.82) is 0 Å². The molecule has 0 spiro atoms. The minimum Gasteiger partial charge on any atom is -0.494 e. The number of nitrogens with zero attached hydrogens (tertiary/aromatic N) is 1. The average Bonchev–Trinajstić information content (AvgIpc) is 3.64. The number of halogens is 2. The number of ether oxygens (including phenoxy) is 4. The van der Waals surface area contributed by atoms with Crippen LogP contribution in [0.2, 0.25) is 0 Å². The van der Waals surface area contributed by atoms with Crippen LogP contribution < -0.4 is 19.5 Å². The molecule has 1 aliphatic rings. The van der Waals surface area contributed by atoms with Crippen molar-refractivity contribution in [3.05, 3.63) is 194 Å². The Bertz CT molecular complexity index is 2310. The number of amides is 1. The molecule has 296 valence electrons. The largest absolute Gasteiger partial charge is 0.494 e. The fourth-order valence-corrected chi connectivity index (χ4v) is 7.68. The Morgan fingerprint density at radius 3 is 2.02 bits per heavy atom. The summed E-state index contributed by atoms with van der Waals surface area (Å²) < 4.78 is 26.8. The number of aliphatic hydroxyl groups is 1. The summed E-state index contributed by atoms with van der Waals surface area (Å²) in [4.78, 5) is 20.1. The summed E-state index contributed by atoms with van der Waals surface area (Å²) in [7, 11) is 0. The molecule has 58 heavy (non-hydrogen) atoms. The molecule has 0 fully saturated rings. The fraction of sp³-hybridized carbons (Fsp3) is 0.208. The highest BCUT2D eigenvalue weighted by atomic mass is 79.9. The number of aliphatic hydroxyl groups excluding tert-OH is 1. The summed E-state index contributed by atoms with van der Waals surface area (Å²) in [6.07, 6.45) is 0.579. The van der Waals surface area contributed by atoms with Gasteiger partial charge in [-0.05, 0) is 77.2 Å². The van der Waals surface area contributed by atoms with Crippen molar-refractivity contribution in [2.75, 3.05) is 19.8 Å². The predicted octanol–water partition coefficient (Wildman–Crippen LogP) is 9.99. The summed E-state index contributed by atoms with van der Waals surface area (Å²) in [5, 5.41) is 12.4. The van der Waals surface area contributed by atoms with Crippen molar-refractivity contribution in [3.63, 3.8) is 0 Å². The predicted molar refractivity (Wildman–Crippen MR) is 233 cm³/mol. The molecule has 0 saturated heterocycles. The molecule has 0 saturated carbocycles. The fourth-order valence-electron chi connectivity index (χ4n) is 6.76. The van der Waals surface area contributed by atoms with Crippen molar-refractivity contribution in [2.45, 2.75) is 44.1 Å². The Hall–Kier alpha value is -5.42. The zero-order valence-electron chi connectivity index (χ0n) is 31.9. The van der Waals surface area contributed by atoms with E-state index in [9.17, 15) is 4.79 Å². The van der Waals surface area contributed by atoms with E-state index in [1.165, 1.54) is 0 Å².